The number of aromatic nitrogens is 2. The van der Waals surface area contributed by atoms with Crippen molar-refractivity contribution in [3.8, 4) is 11.3 Å². The minimum Gasteiger partial charge on any atom is -0.298 e. The van der Waals surface area contributed by atoms with E-state index >= 15 is 0 Å². The first-order chi connectivity index (χ1) is 15.5. The molecular formula is C23H18N4O3S2. The van der Waals surface area contributed by atoms with Gasteiger partial charge in [0.15, 0.2) is 5.13 Å². The Kier molecular flexibility index (Phi) is 6.39. The predicted octanol–water partition coefficient (Wildman–Crippen LogP) is 4.87. The molecule has 0 bridgehead atoms. The summed E-state index contributed by atoms with van der Waals surface area (Å²) in [4.78, 5) is 21.0. The molecule has 2 aromatic carbocycles. The first kappa shape index (κ1) is 21.4. The van der Waals surface area contributed by atoms with Gasteiger partial charge in [-0.1, -0.05) is 30.3 Å². The molecule has 0 spiro atoms. The maximum absolute atomic E-state index is 12.5. The van der Waals surface area contributed by atoms with Gasteiger partial charge in [0.1, 0.15) is 0 Å². The van der Waals surface area contributed by atoms with Crippen molar-refractivity contribution >= 4 is 44.2 Å². The fourth-order valence-corrected chi connectivity index (χ4v) is 4.35. The Balaban J connectivity index is 1.38. The lowest BCUT2D eigenvalue weighted by Crippen LogP contribution is -2.12. The van der Waals surface area contributed by atoms with Crippen molar-refractivity contribution < 1.29 is 13.2 Å². The Labute approximate surface area is 189 Å². The summed E-state index contributed by atoms with van der Waals surface area (Å²) < 4.78 is 27.0. The van der Waals surface area contributed by atoms with Crippen LogP contribution in [0.2, 0.25) is 0 Å². The van der Waals surface area contributed by atoms with Gasteiger partial charge in [0, 0.05) is 34.6 Å². The van der Waals surface area contributed by atoms with Gasteiger partial charge in [-0.05, 0) is 48.0 Å². The molecule has 0 aliphatic heterocycles. The van der Waals surface area contributed by atoms with Crippen molar-refractivity contribution in [3.05, 3.63) is 101 Å². The SMILES string of the molecule is O=C(Nc1nc(-c2cccnc2)cs1)c1ccc(NS(=O)(=O)/C=C/c2ccccc2)cc1. The number of sulfonamides is 1. The van der Waals surface area contributed by atoms with Gasteiger partial charge >= 0.3 is 0 Å². The molecule has 7 nitrogen and oxygen atoms in total. The van der Waals surface area contributed by atoms with E-state index in [2.05, 4.69) is 20.0 Å². The van der Waals surface area contributed by atoms with Crippen LogP contribution in [0.4, 0.5) is 10.8 Å². The van der Waals surface area contributed by atoms with E-state index in [9.17, 15) is 13.2 Å². The molecule has 0 aliphatic rings. The Morgan fingerprint density at radius 3 is 2.47 bits per heavy atom. The highest BCUT2D eigenvalue weighted by atomic mass is 32.2. The Hall–Kier alpha value is -3.82. The zero-order valence-electron chi connectivity index (χ0n) is 16.7. The quantitative estimate of drug-likeness (QED) is 0.408. The smallest absolute Gasteiger partial charge is 0.257 e. The molecular weight excluding hydrogens is 444 g/mol. The highest BCUT2D eigenvalue weighted by Crippen LogP contribution is 2.24. The van der Waals surface area contributed by atoms with Crippen molar-refractivity contribution in [1.82, 2.24) is 9.97 Å². The molecule has 2 heterocycles. The second-order valence-electron chi connectivity index (χ2n) is 6.67. The minimum atomic E-state index is -3.68. The average molecular weight is 463 g/mol. The van der Waals surface area contributed by atoms with Crippen LogP contribution in [-0.4, -0.2) is 24.3 Å². The fraction of sp³-hybridized carbons (Fsp3) is 0. The second-order valence-corrected chi connectivity index (χ2v) is 9.10. The lowest BCUT2D eigenvalue weighted by atomic mass is 10.2. The average Bonchev–Trinajstić information content (AvgIpc) is 3.28. The van der Waals surface area contributed by atoms with E-state index in [4.69, 9.17) is 0 Å². The van der Waals surface area contributed by atoms with E-state index in [-0.39, 0.29) is 5.91 Å². The number of carbonyl (C=O) groups is 1. The largest absolute Gasteiger partial charge is 0.298 e. The van der Waals surface area contributed by atoms with Crippen molar-refractivity contribution in [2.45, 2.75) is 0 Å². The van der Waals surface area contributed by atoms with Gasteiger partial charge in [-0.3, -0.25) is 19.8 Å². The van der Waals surface area contributed by atoms with Crippen LogP contribution in [0.5, 0.6) is 0 Å². The molecule has 32 heavy (non-hydrogen) atoms. The summed E-state index contributed by atoms with van der Waals surface area (Å²) in [6.07, 6.45) is 4.90. The van der Waals surface area contributed by atoms with Crippen LogP contribution in [0.3, 0.4) is 0 Å². The number of hydrogen-bond donors (Lipinski definition) is 2. The summed E-state index contributed by atoms with van der Waals surface area (Å²) in [7, 11) is -3.68. The second kappa shape index (κ2) is 9.54. The molecule has 1 amide bonds. The minimum absolute atomic E-state index is 0.338. The van der Waals surface area contributed by atoms with Crippen LogP contribution in [-0.2, 0) is 10.0 Å². The molecule has 4 aromatic rings. The third-order valence-electron chi connectivity index (χ3n) is 4.33. The van der Waals surface area contributed by atoms with E-state index < -0.39 is 10.0 Å². The third-order valence-corrected chi connectivity index (χ3v) is 6.10. The molecule has 0 atom stereocenters. The van der Waals surface area contributed by atoms with Crippen molar-refractivity contribution in [1.29, 1.82) is 0 Å². The standard InChI is InChI=1S/C23H18N4O3S2/c28-22(26-23-25-21(16-31-23)19-7-4-13-24-15-19)18-8-10-20(11-9-18)27-32(29,30)14-12-17-5-2-1-3-6-17/h1-16,27H,(H,25,26,28)/b14-12+. The molecule has 2 N–H and O–H groups in total. The van der Waals surface area contributed by atoms with Gasteiger partial charge in [-0.2, -0.15) is 0 Å². The Morgan fingerprint density at radius 2 is 1.75 bits per heavy atom. The molecule has 0 aliphatic carbocycles. The van der Waals surface area contributed by atoms with Crippen LogP contribution < -0.4 is 10.0 Å². The molecule has 0 saturated carbocycles. The zero-order chi connectivity index (χ0) is 22.4. The zero-order valence-corrected chi connectivity index (χ0v) is 18.3. The number of carbonyl (C=O) groups excluding carboxylic acids is 1. The molecule has 0 saturated heterocycles. The van der Waals surface area contributed by atoms with Crippen molar-refractivity contribution in [2.24, 2.45) is 0 Å². The normalized spacial score (nSPS) is 11.4. The number of anilines is 2. The molecule has 0 unspecified atom stereocenters. The molecule has 0 fully saturated rings. The molecule has 9 heteroatoms. The first-order valence-corrected chi connectivity index (χ1v) is 11.9. The number of thiazole rings is 1. The first-order valence-electron chi connectivity index (χ1n) is 9.52. The van der Waals surface area contributed by atoms with Crippen LogP contribution >= 0.6 is 11.3 Å². The van der Waals surface area contributed by atoms with Gasteiger partial charge in [0.25, 0.3) is 15.9 Å². The maximum atomic E-state index is 12.5. The van der Waals surface area contributed by atoms with Crippen LogP contribution in [0, 0.1) is 0 Å². The van der Waals surface area contributed by atoms with E-state index in [1.807, 2.05) is 47.8 Å². The number of hydrogen-bond acceptors (Lipinski definition) is 6. The van der Waals surface area contributed by atoms with E-state index in [0.29, 0.717) is 16.4 Å². The summed E-state index contributed by atoms with van der Waals surface area (Å²) >= 11 is 1.31. The molecule has 0 radical (unpaired) electrons. The van der Waals surface area contributed by atoms with Gasteiger partial charge < -0.3 is 0 Å². The molecule has 4 rings (SSSR count). The van der Waals surface area contributed by atoms with Gasteiger partial charge in [0.2, 0.25) is 0 Å². The maximum Gasteiger partial charge on any atom is 0.257 e. The fourth-order valence-electron chi connectivity index (χ4n) is 2.77. The number of benzene rings is 2. The monoisotopic (exact) mass is 462 g/mol. The van der Waals surface area contributed by atoms with E-state index in [1.54, 1.807) is 24.5 Å². The van der Waals surface area contributed by atoms with Gasteiger partial charge in [-0.25, -0.2) is 13.4 Å². The lowest BCUT2D eigenvalue weighted by molar-refractivity contribution is 0.102. The third kappa shape index (κ3) is 5.65. The van der Waals surface area contributed by atoms with Crippen LogP contribution in [0.15, 0.2) is 89.9 Å². The lowest BCUT2D eigenvalue weighted by Gasteiger charge is -2.06. The predicted molar refractivity (Wildman–Crippen MR) is 128 cm³/mol. The van der Waals surface area contributed by atoms with Crippen molar-refractivity contribution in [2.75, 3.05) is 10.0 Å². The number of rotatable bonds is 7. The molecule has 160 valence electrons. The summed E-state index contributed by atoms with van der Waals surface area (Å²) in [5.41, 5.74) is 3.10. The van der Waals surface area contributed by atoms with Gasteiger partial charge in [0.05, 0.1) is 11.1 Å². The summed E-state index contributed by atoms with van der Waals surface area (Å²) in [6, 6.07) is 19.0. The summed E-state index contributed by atoms with van der Waals surface area (Å²) in [5, 5.41) is 6.16. The highest BCUT2D eigenvalue weighted by molar-refractivity contribution is 7.95. The van der Waals surface area contributed by atoms with E-state index in [1.165, 1.54) is 29.5 Å². The number of nitrogens with zero attached hydrogens (tertiary/aromatic N) is 2. The van der Waals surface area contributed by atoms with E-state index in [0.717, 1.165) is 22.2 Å². The number of pyridine rings is 1. The Morgan fingerprint density at radius 1 is 0.969 bits per heavy atom. The number of nitrogens with one attached hydrogen (secondary N) is 2. The Bertz CT molecular complexity index is 1340. The van der Waals surface area contributed by atoms with Crippen LogP contribution in [0.1, 0.15) is 15.9 Å². The topological polar surface area (TPSA) is 101 Å². The highest BCUT2D eigenvalue weighted by Gasteiger charge is 2.11. The number of amides is 1. The molecule has 2 aromatic heterocycles. The van der Waals surface area contributed by atoms with Gasteiger partial charge in [-0.15, -0.1) is 11.3 Å². The van der Waals surface area contributed by atoms with Crippen LogP contribution in [0.25, 0.3) is 17.3 Å². The summed E-state index contributed by atoms with van der Waals surface area (Å²) in [6.45, 7) is 0. The van der Waals surface area contributed by atoms with Crippen molar-refractivity contribution in [3.63, 3.8) is 0 Å². The summed E-state index contributed by atoms with van der Waals surface area (Å²) in [5.74, 6) is -0.338.